The average molecular weight is 285 g/mol. The highest BCUT2D eigenvalue weighted by molar-refractivity contribution is 5.49. The first-order valence-electron chi connectivity index (χ1n) is 6.35. The lowest BCUT2D eigenvalue weighted by molar-refractivity contribution is 0.297. The topological polar surface area (TPSA) is 97.1 Å². The van der Waals surface area contributed by atoms with Crippen molar-refractivity contribution in [1.29, 1.82) is 5.26 Å². The first-order chi connectivity index (χ1) is 10.2. The molecular weight excluding hydrogens is 274 g/mol. The predicted molar refractivity (Wildman–Crippen MR) is 73.0 cm³/mol. The van der Waals surface area contributed by atoms with Gasteiger partial charge in [0, 0.05) is 18.7 Å². The van der Waals surface area contributed by atoms with Crippen LogP contribution in [0.5, 0.6) is 11.5 Å². The summed E-state index contributed by atoms with van der Waals surface area (Å²) in [4.78, 5) is 25.4. The molecule has 1 aromatic carbocycles. The third kappa shape index (κ3) is 2.39. The Balaban J connectivity index is 2.14. The normalized spacial score (nSPS) is 13.3. The van der Waals surface area contributed by atoms with Gasteiger partial charge in [0.25, 0.3) is 5.56 Å². The number of ether oxygens (including phenoxy) is 2. The van der Waals surface area contributed by atoms with Gasteiger partial charge >= 0.3 is 5.69 Å². The molecule has 7 heteroatoms. The number of nitriles is 1. The molecule has 2 aromatic rings. The molecule has 0 fully saturated rings. The van der Waals surface area contributed by atoms with Crippen molar-refractivity contribution in [3.63, 3.8) is 0 Å². The molecule has 0 spiro atoms. The summed E-state index contributed by atoms with van der Waals surface area (Å²) >= 11 is 0. The van der Waals surface area contributed by atoms with Crippen LogP contribution < -0.4 is 20.7 Å². The van der Waals surface area contributed by atoms with E-state index < -0.39 is 11.2 Å². The summed E-state index contributed by atoms with van der Waals surface area (Å²) < 4.78 is 12.3. The predicted octanol–water partition coefficient (Wildman–Crippen LogP) is 0.559. The molecule has 1 aromatic heterocycles. The van der Waals surface area contributed by atoms with Crippen LogP contribution in [0.1, 0.15) is 12.0 Å². The van der Waals surface area contributed by atoms with Gasteiger partial charge in [0.15, 0.2) is 11.5 Å². The molecule has 1 aliphatic rings. The van der Waals surface area contributed by atoms with Gasteiger partial charge in [0.05, 0.1) is 18.9 Å². The fourth-order valence-corrected chi connectivity index (χ4v) is 2.04. The van der Waals surface area contributed by atoms with Crippen molar-refractivity contribution in [1.82, 2.24) is 9.55 Å². The van der Waals surface area contributed by atoms with Crippen LogP contribution in [0.3, 0.4) is 0 Å². The van der Waals surface area contributed by atoms with Gasteiger partial charge in [0.2, 0.25) is 0 Å². The highest BCUT2D eigenvalue weighted by Crippen LogP contribution is 2.31. The first-order valence-corrected chi connectivity index (χ1v) is 6.35. The molecule has 0 amide bonds. The number of aromatic amines is 1. The molecule has 0 unspecified atom stereocenters. The Morgan fingerprint density at radius 3 is 2.71 bits per heavy atom. The molecule has 0 aliphatic carbocycles. The number of rotatable bonds is 1. The second kappa shape index (κ2) is 5.17. The van der Waals surface area contributed by atoms with E-state index in [0.29, 0.717) is 30.4 Å². The van der Waals surface area contributed by atoms with Gasteiger partial charge < -0.3 is 9.47 Å². The van der Waals surface area contributed by atoms with Gasteiger partial charge in [0.1, 0.15) is 11.6 Å². The minimum Gasteiger partial charge on any atom is -0.490 e. The van der Waals surface area contributed by atoms with E-state index in [1.165, 1.54) is 10.8 Å². The number of benzene rings is 1. The van der Waals surface area contributed by atoms with Crippen LogP contribution >= 0.6 is 0 Å². The van der Waals surface area contributed by atoms with Gasteiger partial charge in [-0.3, -0.25) is 14.3 Å². The number of aromatic nitrogens is 2. The zero-order valence-corrected chi connectivity index (χ0v) is 11.0. The molecule has 1 aliphatic heterocycles. The quantitative estimate of drug-likeness (QED) is 0.825. The van der Waals surface area contributed by atoms with Crippen LogP contribution in [-0.2, 0) is 0 Å². The highest BCUT2D eigenvalue weighted by Gasteiger charge is 2.13. The average Bonchev–Trinajstić information content (AvgIpc) is 2.72. The van der Waals surface area contributed by atoms with Gasteiger partial charge in [-0.05, 0) is 12.1 Å². The summed E-state index contributed by atoms with van der Waals surface area (Å²) in [6.07, 6.45) is 1.99. The molecule has 106 valence electrons. The van der Waals surface area contributed by atoms with Gasteiger partial charge in [-0.2, -0.15) is 5.26 Å². The van der Waals surface area contributed by atoms with Gasteiger partial charge in [-0.1, -0.05) is 0 Å². The smallest absolute Gasteiger partial charge is 0.332 e. The first kappa shape index (κ1) is 13.0. The Labute approximate surface area is 119 Å². The zero-order chi connectivity index (χ0) is 14.8. The zero-order valence-electron chi connectivity index (χ0n) is 11.0. The third-order valence-corrected chi connectivity index (χ3v) is 3.07. The van der Waals surface area contributed by atoms with Crippen molar-refractivity contribution >= 4 is 0 Å². The van der Waals surface area contributed by atoms with Crippen LogP contribution in [-0.4, -0.2) is 22.8 Å². The fourth-order valence-electron chi connectivity index (χ4n) is 2.04. The molecule has 0 radical (unpaired) electrons. The van der Waals surface area contributed by atoms with E-state index in [9.17, 15) is 9.59 Å². The van der Waals surface area contributed by atoms with Crippen LogP contribution in [0, 0.1) is 11.3 Å². The molecule has 3 rings (SSSR count). The molecule has 7 nitrogen and oxygen atoms in total. The summed E-state index contributed by atoms with van der Waals surface area (Å²) in [6.45, 7) is 1.10. The number of fused-ring (bicyclic) bond motifs is 1. The van der Waals surface area contributed by atoms with Crippen LogP contribution in [0.15, 0.2) is 34.0 Å². The Kier molecular flexibility index (Phi) is 3.20. The Morgan fingerprint density at radius 1 is 1.19 bits per heavy atom. The Bertz CT molecular complexity index is 845. The fraction of sp³-hybridized carbons (Fsp3) is 0.214. The lowest BCUT2D eigenvalue weighted by atomic mass is 10.2. The van der Waals surface area contributed by atoms with E-state index in [4.69, 9.17) is 14.7 Å². The van der Waals surface area contributed by atoms with Gasteiger partial charge in [-0.25, -0.2) is 4.79 Å². The lowest BCUT2D eigenvalue weighted by Crippen LogP contribution is -2.30. The van der Waals surface area contributed by atoms with Crippen molar-refractivity contribution in [2.45, 2.75) is 6.42 Å². The minimum absolute atomic E-state index is 0.137. The third-order valence-electron chi connectivity index (χ3n) is 3.07. The molecule has 0 bridgehead atoms. The van der Waals surface area contributed by atoms with E-state index in [1.54, 1.807) is 24.3 Å². The standard InChI is InChI=1S/C14H11N3O4/c15-7-9-8-17(14(19)16-13(9)18)10-2-3-11-12(6-10)21-5-1-4-20-11/h2-3,6,8H,1,4-5H2,(H,16,18,19). The van der Waals surface area contributed by atoms with E-state index in [-0.39, 0.29) is 5.56 Å². The molecule has 1 N–H and O–H groups in total. The summed E-state index contributed by atoms with van der Waals surface area (Å²) in [5, 5.41) is 8.88. The molecule has 0 saturated carbocycles. The Morgan fingerprint density at radius 2 is 1.95 bits per heavy atom. The summed E-state index contributed by atoms with van der Waals surface area (Å²) in [7, 11) is 0. The van der Waals surface area contributed by atoms with Crippen molar-refractivity contribution in [3.8, 4) is 23.3 Å². The summed E-state index contributed by atoms with van der Waals surface area (Å²) in [5.74, 6) is 1.14. The minimum atomic E-state index is -0.701. The molecule has 21 heavy (non-hydrogen) atoms. The molecule has 0 saturated heterocycles. The number of nitrogens with zero attached hydrogens (tertiary/aromatic N) is 2. The van der Waals surface area contributed by atoms with Crippen molar-refractivity contribution in [2.75, 3.05) is 13.2 Å². The molecule has 0 atom stereocenters. The Hall–Kier alpha value is -3.01. The van der Waals surface area contributed by atoms with E-state index in [2.05, 4.69) is 4.98 Å². The van der Waals surface area contributed by atoms with Gasteiger partial charge in [-0.15, -0.1) is 0 Å². The van der Waals surface area contributed by atoms with E-state index in [1.807, 2.05) is 0 Å². The largest absolute Gasteiger partial charge is 0.490 e. The SMILES string of the molecule is N#Cc1cn(-c2ccc3c(c2)OCCCO3)c(=O)[nH]c1=O. The number of nitrogens with one attached hydrogen (secondary N) is 1. The summed E-state index contributed by atoms with van der Waals surface area (Å²) in [6, 6.07) is 6.74. The number of hydrogen-bond acceptors (Lipinski definition) is 5. The number of H-pyrrole nitrogens is 1. The second-order valence-corrected chi connectivity index (χ2v) is 4.47. The van der Waals surface area contributed by atoms with Crippen LogP contribution in [0.2, 0.25) is 0 Å². The van der Waals surface area contributed by atoms with Crippen LogP contribution in [0.25, 0.3) is 5.69 Å². The van der Waals surface area contributed by atoms with Crippen molar-refractivity contribution in [2.24, 2.45) is 0 Å². The van der Waals surface area contributed by atoms with Crippen molar-refractivity contribution < 1.29 is 9.47 Å². The van der Waals surface area contributed by atoms with E-state index >= 15 is 0 Å². The van der Waals surface area contributed by atoms with E-state index in [0.717, 1.165) is 6.42 Å². The molecular formula is C14H11N3O4. The summed E-state index contributed by atoms with van der Waals surface area (Å²) in [5.41, 5.74) is -0.972. The second-order valence-electron chi connectivity index (χ2n) is 4.47. The monoisotopic (exact) mass is 285 g/mol. The van der Waals surface area contributed by atoms with Crippen LogP contribution in [0.4, 0.5) is 0 Å². The van der Waals surface area contributed by atoms with Crippen molar-refractivity contribution in [3.05, 3.63) is 50.8 Å². The number of hydrogen-bond donors (Lipinski definition) is 1. The highest BCUT2D eigenvalue weighted by atomic mass is 16.5. The maximum absolute atomic E-state index is 11.9. The maximum Gasteiger partial charge on any atom is 0.332 e. The lowest BCUT2D eigenvalue weighted by Gasteiger charge is -2.10. The molecule has 2 heterocycles. The maximum atomic E-state index is 11.9.